The van der Waals surface area contributed by atoms with Crippen molar-refractivity contribution in [1.29, 1.82) is 0 Å². The van der Waals surface area contributed by atoms with Crippen LogP contribution in [0, 0.1) is 0 Å². The van der Waals surface area contributed by atoms with E-state index in [1.165, 1.54) is 44.9 Å². The highest BCUT2D eigenvalue weighted by molar-refractivity contribution is 5.84. The van der Waals surface area contributed by atoms with E-state index in [0.29, 0.717) is 32.2 Å². The van der Waals surface area contributed by atoms with E-state index in [9.17, 15) is 29.1 Å². The molecule has 0 aliphatic heterocycles. The van der Waals surface area contributed by atoms with Crippen LogP contribution in [0.25, 0.3) is 0 Å². The molecule has 226 valence electrons. The molecule has 0 unspecified atom stereocenters. The molecule has 0 spiro atoms. The van der Waals surface area contributed by atoms with Crippen LogP contribution in [0.3, 0.4) is 0 Å². The quantitative estimate of drug-likeness (QED) is 0.0795. The molecule has 0 aliphatic carbocycles. The largest absolute Gasteiger partial charge is 0.481 e. The number of nitrogens with one attached hydrogen (secondary N) is 2. The third-order valence-corrected chi connectivity index (χ3v) is 6.73. The average Bonchev–Trinajstić information content (AvgIpc) is 2.87. The third kappa shape index (κ3) is 26.7. The first kappa shape index (κ1) is 36.4. The molecule has 10 nitrogen and oxygen atoms in total. The monoisotopic (exact) mass is 556 g/mol. The second-order valence-corrected chi connectivity index (χ2v) is 10.4. The van der Waals surface area contributed by atoms with E-state index in [1.807, 2.05) is 0 Å². The second-order valence-electron chi connectivity index (χ2n) is 10.4. The maximum atomic E-state index is 12.1. The van der Waals surface area contributed by atoms with Gasteiger partial charge in [0.2, 0.25) is 11.8 Å². The summed E-state index contributed by atoms with van der Waals surface area (Å²) in [7, 11) is 0. The first-order valence-electron chi connectivity index (χ1n) is 14.9. The van der Waals surface area contributed by atoms with Gasteiger partial charge in [-0.05, 0) is 32.1 Å². The van der Waals surface area contributed by atoms with Gasteiger partial charge in [0.05, 0.1) is 0 Å². The average molecular weight is 557 g/mol. The lowest BCUT2D eigenvalue weighted by atomic mass is 10.0. The van der Waals surface area contributed by atoms with Gasteiger partial charge in [-0.25, -0.2) is 4.79 Å². The van der Waals surface area contributed by atoms with Crippen molar-refractivity contribution in [1.82, 2.24) is 10.6 Å². The SMILES string of the molecule is O=C(O)CCCCCCCCCCCCCCCCC(=O)N[C@@H](CCC(=O)NCCCCCC(=O)O)C(=O)O. The predicted molar refractivity (Wildman–Crippen MR) is 149 cm³/mol. The van der Waals surface area contributed by atoms with Crippen LogP contribution in [0.15, 0.2) is 0 Å². The van der Waals surface area contributed by atoms with E-state index in [0.717, 1.165) is 38.5 Å². The molecule has 0 fully saturated rings. The van der Waals surface area contributed by atoms with E-state index in [2.05, 4.69) is 10.6 Å². The van der Waals surface area contributed by atoms with E-state index < -0.39 is 23.9 Å². The molecule has 0 aromatic rings. The second kappa shape index (κ2) is 25.6. The van der Waals surface area contributed by atoms with Crippen LogP contribution in [-0.4, -0.2) is 57.6 Å². The number of unbranched alkanes of at least 4 members (excludes halogenated alkanes) is 15. The van der Waals surface area contributed by atoms with Gasteiger partial charge in [-0.3, -0.25) is 19.2 Å². The van der Waals surface area contributed by atoms with E-state index >= 15 is 0 Å². The molecule has 0 saturated heterocycles. The Morgan fingerprint density at radius 3 is 1.26 bits per heavy atom. The Kier molecular flexibility index (Phi) is 23.9. The van der Waals surface area contributed by atoms with Crippen molar-refractivity contribution in [3.63, 3.8) is 0 Å². The van der Waals surface area contributed by atoms with Crippen LogP contribution in [0.1, 0.15) is 141 Å². The summed E-state index contributed by atoms with van der Waals surface area (Å²) in [6.07, 6.45) is 17.9. The summed E-state index contributed by atoms with van der Waals surface area (Å²) in [5.74, 6) is -3.28. The zero-order valence-electron chi connectivity index (χ0n) is 23.7. The van der Waals surface area contributed by atoms with Crippen molar-refractivity contribution >= 4 is 29.7 Å². The van der Waals surface area contributed by atoms with E-state index in [-0.39, 0.29) is 43.9 Å². The fourth-order valence-electron chi connectivity index (χ4n) is 4.38. The minimum absolute atomic E-state index is 0.000963. The van der Waals surface area contributed by atoms with E-state index in [4.69, 9.17) is 10.2 Å². The summed E-state index contributed by atoms with van der Waals surface area (Å²) in [6.45, 7) is 0.418. The highest BCUT2D eigenvalue weighted by Crippen LogP contribution is 2.14. The van der Waals surface area contributed by atoms with Crippen molar-refractivity contribution in [2.45, 2.75) is 147 Å². The van der Waals surface area contributed by atoms with Crippen molar-refractivity contribution in [2.24, 2.45) is 0 Å². The van der Waals surface area contributed by atoms with Gasteiger partial charge in [-0.2, -0.15) is 0 Å². The Bertz CT molecular complexity index is 699. The summed E-state index contributed by atoms with van der Waals surface area (Å²) < 4.78 is 0. The molecule has 0 radical (unpaired) electrons. The lowest BCUT2D eigenvalue weighted by Crippen LogP contribution is -2.41. The normalized spacial score (nSPS) is 11.6. The van der Waals surface area contributed by atoms with Crippen LogP contribution in [0.5, 0.6) is 0 Å². The first-order valence-corrected chi connectivity index (χ1v) is 14.9. The van der Waals surface area contributed by atoms with Gasteiger partial charge in [0.25, 0.3) is 0 Å². The molecule has 0 aromatic carbocycles. The Morgan fingerprint density at radius 1 is 0.462 bits per heavy atom. The molecule has 0 bridgehead atoms. The number of hydrogen-bond donors (Lipinski definition) is 5. The fourth-order valence-corrected chi connectivity index (χ4v) is 4.38. The molecule has 5 N–H and O–H groups in total. The number of carboxylic acid groups (broad SMARTS) is 3. The number of hydrogen-bond acceptors (Lipinski definition) is 5. The number of amides is 2. The Hall–Kier alpha value is -2.65. The molecule has 0 aromatic heterocycles. The highest BCUT2D eigenvalue weighted by atomic mass is 16.4. The molecule has 2 amide bonds. The summed E-state index contributed by atoms with van der Waals surface area (Å²) in [6, 6.07) is -1.09. The van der Waals surface area contributed by atoms with Crippen molar-refractivity contribution < 1.29 is 39.3 Å². The van der Waals surface area contributed by atoms with Crippen molar-refractivity contribution in [3.05, 3.63) is 0 Å². The van der Waals surface area contributed by atoms with Crippen LogP contribution in [-0.2, 0) is 24.0 Å². The number of aliphatic carboxylic acids is 3. The summed E-state index contributed by atoms with van der Waals surface area (Å²) >= 11 is 0. The fraction of sp³-hybridized carbons (Fsp3) is 0.828. The standard InChI is InChI=1S/C29H52N2O8/c32-25(30-23-17-13-16-20-28(36)37)22-21-24(29(38)39)31-26(33)18-14-11-9-7-5-3-1-2-4-6-8-10-12-15-19-27(34)35/h24H,1-23H2,(H,30,32)(H,31,33)(H,34,35)(H,36,37)(H,38,39)/t24-/m0/s1. The maximum absolute atomic E-state index is 12.1. The van der Waals surface area contributed by atoms with Gasteiger partial charge >= 0.3 is 17.9 Å². The molecule has 39 heavy (non-hydrogen) atoms. The summed E-state index contributed by atoms with van der Waals surface area (Å²) in [5.41, 5.74) is 0. The molecular formula is C29H52N2O8. The maximum Gasteiger partial charge on any atom is 0.326 e. The minimum Gasteiger partial charge on any atom is -0.481 e. The Labute approximate surface area is 233 Å². The smallest absolute Gasteiger partial charge is 0.326 e. The first-order chi connectivity index (χ1) is 18.7. The van der Waals surface area contributed by atoms with Crippen LogP contribution < -0.4 is 10.6 Å². The Morgan fingerprint density at radius 2 is 0.846 bits per heavy atom. The zero-order valence-corrected chi connectivity index (χ0v) is 23.7. The molecule has 0 rings (SSSR count). The van der Waals surface area contributed by atoms with Crippen molar-refractivity contribution in [2.75, 3.05) is 6.54 Å². The summed E-state index contributed by atoms with van der Waals surface area (Å²) in [4.78, 5) is 56.4. The number of carbonyl (C=O) groups excluding carboxylic acids is 2. The van der Waals surface area contributed by atoms with Gasteiger partial charge in [0, 0.05) is 32.2 Å². The Balaban J connectivity index is 3.65. The number of carboxylic acids is 3. The number of rotatable bonds is 28. The van der Waals surface area contributed by atoms with E-state index in [1.54, 1.807) is 0 Å². The molecule has 0 saturated carbocycles. The van der Waals surface area contributed by atoms with Gasteiger partial charge in [-0.15, -0.1) is 0 Å². The van der Waals surface area contributed by atoms with Crippen LogP contribution >= 0.6 is 0 Å². The van der Waals surface area contributed by atoms with Gasteiger partial charge < -0.3 is 26.0 Å². The van der Waals surface area contributed by atoms with Gasteiger partial charge in [-0.1, -0.05) is 83.5 Å². The summed E-state index contributed by atoms with van der Waals surface area (Å²) in [5, 5.41) is 31.8. The lowest BCUT2D eigenvalue weighted by molar-refractivity contribution is -0.142. The molecule has 0 heterocycles. The van der Waals surface area contributed by atoms with Crippen molar-refractivity contribution in [3.8, 4) is 0 Å². The lowest BCUT2D eigenvalue weighted by Gasteiger charge is -2.14. The zero-order chi connectivity index (χ0) is 29.1. The highest BCUT2D eigenvalue weighted by Gasteiger charge is 2.20. The van der Waals surface area contributed by atoms with Crippen LogP contribution in [0.4, 0.5) is 0 Å². The van der Waals surface area contributed by atoms with Gasteiger partial charge in [0.1, 0.15) is 6.04 Å². The molecule has 1 atom stereocenters. The molecule has 0 aliphatic rings. The topological polar surface area (TPSA) is 170 Å². The van der Waals surface area contributed by atoms with Gasteiger partial charge in [0.15, 0.2) is 0 Å². The predicted octanol–water partition coefficient (Wildman–Crippen LogP) is 5.42. The molecule has 10 heteroatoms. The minimum atomic E-state index is -1.15. The third-order valence-electron chi connectivity index (χ3n) is 6.73. The van der Waals surface area contributed by atoms with Crippen LogP contribution in [0.2, 0.25) is 0 Å². The number of carbonyl (C=O) groups is 5. The molecular weight excluding hydrogens is 504 g/mol.